The minimum atomic E-state index is -0.631. The number of carbonyl (C=O) groups excluding carboxylic acids is 1. The van der Waals surface area contributed by atoms with E-state index in [0.29, 0.717) is 0 Å². The van der Waals surface area contributed by atoms with Gasteiger partial charge in [0.15, 0.2) is 0 Å². The van der Waals surface area contributed by atoms with Crippen LogP contribution >= 0.6 is 0 Å². The molecule has 0 radical (unpaired) electrons. The molecule has 0 aliphatic heterocycles. The van der Waals surface area contributed by atoms with Crippen LogP contribution in [0.15, 0.2) is 36.4 Å². The van der Waals surface area contributed by atoms with Crippen LogP contribution < -0.4 is 11.1 Å². The monoisotopic (exact) mass is 234 g/mol. The molecule has 92 valence electrons. The maximum atomic E-state index is 11.4. The molecule has 2 atom stereocenters. The van der Waals surface area contributed by atoms with Crippen molar-refractivity contribution >= 4 is 12.0 Å². The van der Waals surface area contributed by atoms with E-state index in [1.807, 2.05) is 30.3 Å². The smallest absolute Gasteiger partial charge is 0.244 e. The molecule has 0 heterocycles. The van der Waals surface area contributed by atoms with E-state index in [-0.39, 0.29) is 12.5 Å². The fourth-order valence-corrected chi connectivity index (χ4v) is 1.18. The van der Waals surface area contributed by atoms with Crippen molar-refractivity contribution in [3.05, 3.63) is 42.0 Å². The zero-order chi connectivity index (χ0) is 12.7. The van der Waals surface area contributed by atoms with Gasteiger partial charge in [0.25, 0.3) is 0 Å². The summed E-state index contributed by atoms with van der Waals surface area (Å²) in [5.41, 5.74) is 6.54. The lowest BCUT2D eigenvalue weighted by molar-refractivity contribution is -0.116. The second-order valence-electron chi connectivity index (χ2n) is 3.89. The molecule has 17 heavy (non-hydrogen) atoms. The van der Waals surface area contributed by atoms with E-state index in [2.05, 4.69) is 5.32 Å². The summed E-state index contributed by atoms with van der Waals surface area (Å²) in [7, 11) is 0. The third-order valence-corrected chi connectivity index (χ3v) is 2.36. The Balaban J connectivity index is 2.37. The van der Waals surface area contributed by atoms with Gasteiger partial charge in [-0.3, -0.25) is 4.79 Å². The van der Waals surface area contributed by atoms with Gasteiger partial charge in [0.1, 0.15) is 0 Å². The van der Waals surface area contributed by atoms with E-state index in [1.54, 1.807) is 13.0 Å². The average molecular weight is 234 g/mol. The number of hydrogen-bond donors (Lipinski definition) is 3. The summed E-state index contributed by atoms with van der Waals surface area (Å²) in [6.07, 6.45) is 2.54. The molecule has 4 N–H and O–H groups in total. The Morgan fingerprint density at radius 2 is 2.12 bits per heavy atom. The molecule has 0 fully saturated rings. The topological polar surface area (TPSA) is 75.3 Å². The fourth-order valence-electron chi connectivity index (χ4n) is 1.18. The molecular formula is C13H18N2O2. The number of rotatable bonds is 5. The SMILES string of the molecule is CC(O)C(N)CNC(=O)/C=C/c1ccccc1. The van der Waals surface area contributed by atoms with Gasteiger partial charge in [0.2, 0.25) is 5.91 Å². The molecule has 2 unspecified atom stereocenters. The predicted octanol–water partition coefficient (Wildman–Crippen LogP) is 0.524. The molecule has 0 spiro atoms. The highest BCUT2D eigenvalue weighted by molar-refractivity contribution is 5.91. The van der Waals surface area contributed by atoms with E-state index in [9.17, 15) is 4.79 Å². The highest BCUT2D eigenvalue weighted by atomic mass is 16.3. The molecule has 0 bridgehead atoms. The second-order valence-corrected chi connectivity index (χ2v) is 3.89. The summed E-state index contributed by atoms with van der Waals surface area (Å²) in [6, 6.07) is 9.10. The molecule has 4 heteroatoms. The Morgan fingerprint density at radius 3 is 2.71 bits per heavy atom. The van der Waals surface area contributed by atoms with Gasteiger partial charge in [0, 0.05) is 18.7 Å². The summed E-state index contributed by atoms with van der Waals surface area (Å²) in [5, 5.41) is 11.8. The van der Waals surface area contributed by atoms with Gasteiger partial charge < -0.3 is 16.2 Å². The number of hydrogen-bond acceptors (Lipinski definition) is 3. The number of amides is 1. The van der Waals surface area contributed by atoms with Crippen molar-refractivity contribution in [2.24, 2.45) is 5.73 Å². The van der Waals surface area contributed by atoms with Crippen LogP contribution in [0.4, 0.5) is 0 Å². The van der Waals surface area contributed by atoms with E-state index < -0.39 is 12.1 Å². The molecule has 1 amide bonds. The second kappa shape index (κ2) is 6.83. The Morgan fingerprint density at radius 1 is 1.47 bits per heavy atom. The van der Waals surface area contributed by atoms with Gasteiger partial charge in [-0.05, 0) is 18.6 Å². The maximum Gasteiger partial charge on any atom is 0.244 e. The van der Waals surface area contributed by atoms with E-state index in [0.717, 1.165) is 5.56 Å². The van der Waals surface area contributed by atoms with Gasteiger partial charge in [-0.15, -0.1) is 0 Å². The molecule has 1 aromatic carbocycles. The van der Waals surface area contributed by atoms with E-state index >= 15 is 0 Å². The molecule has 0 saturated heterocycles. The highest BCUT2D eigenvalue weighted by Crippen LogP contribution is 2.00. The van der Waals surface area contributed by atoms with Crippen LogP contribution in [0.25, 0.3) is 6.08 Å². The number of aliphatic hydroxyl groups is 1. The maximum absolute atomic E-state index is 11.4. The molecule has 0 saturated carbocycles. The van der Waals surface area contributed by atoms with Crippen LogP contribution in [-0.2, 0) is 4.79 Å². The third kappa shape index (κ3) is 5.29. The van der Waals surface area contributed by atoms with Crippen LogP contribution in [0.2, 0.25) is 0 Å². The van der Waals surface area contributed by atoms with Gasteiger partial charge in [-0.2, -0.15) is 0 Å². The molecule has 0 aromatic heterocycles. The molecule has 1 aromatic rings. The first-order valence-electron chi connectivity index (χ1n) is 5.54. The lowest BCUT2D eigenvalue weighted by Crippen LogP contribution is -2.43. The number of nitrogens with two attached hydrogens (primary N) is 1. The lowest BCUT2D eigenvalue weighted by atomic mass is 10.2. The Labute approximate surface area is 101 Å². The first-order chi connectivity index (χ1) is 8.09. The quantitative estimate of drug-likeness (QED) is 0.650. The summed E-state index contributed by atoms with van der Waals surface area (Å²) >= 11 is 0. The zero-order valence-electron chi connectivity index (χ0n) is 9.84. The molecule has 1 rings (SSSR count). The van der Waals surface area contributed by atoms with Crippen molar-refractivity contribution in [1.82, 2.24) is 5.32 Å². The first kappa shape index (κ1) is 13.4. The Hall–Kier alpha value is -1.65. The van der Waals surface area contributed by atoms with Gasteiger partial charge in [-0.25, -0.2) is 0 Å². The number of carbonyl (C=O) groups is 1. The standard InChI is InChI=1S/C13H18N2O2/c1-10(16)12(14)9-15-13(17)8-7-11-5-3-2-4-6-11/h2-8,10,12,16H,9,14H2,1H3,(H,15,17)/b8-7+. The average Bonchev–Trinajstić information content (AvgIpc) is 2.34. The summed E-state index contributed by atoms with van der Waals surface area (Å²) in [5.74, 6) is -0.218. The summed E-state index contributed by atoms with van der Waals surface area (Å²) < 4.78 is 0. The molecule has 0 aliphatic carbocycles. The van der Waals surface area contributed by atoms with Crippen molar-refractivity contribution < 1.29 is 9.90 Å². The predicted molar refractivity (Wildman–Crippen MR) is 68.1 cm³/mol. The van der Waals surface area contributed by atoms with Gasteiger partial charge in [0.05, 0.1) is 6.10 Å². The van der Waals surface area contributed by atoms with Crippen LogP contribution in [0.5, 0.6) is 0 Å². The number of benzene rings is 1. The fraction of sp³-hybridized carbons (Fsp3) is 0.308. The number of aliphatic hydroxyl groups excluding tert-OH is 1. The summed E-state index contributed by atoms with van der Waals surface area (Å²) in [4.78, 5) is 11.4. The molecular weight excluding hydrogens is 216 g/mol. The highest BCUT2D eigenvalue weighted by Gasteiger charge is 2.09. The van der Waals surface area contributed by atoms with Gasteiger partial charge in [-0.1, -0.05) is 30.3 Å². The van der Waals surface area contributed by atoms with Crippen LogP contribution in [0.3, 0.4) is 0 Å². The normalized spacial score (nSPS) is 14.5. The van der Waals surface area contributed by atoms with Gasteiger partial charge >= 0.3 is 0 Å². The van der Waals surface area contributed by atoms with E-state index in [1.165, 1.54) is 6.08 Å². The van der Waals surface area contributed by atoms with Crippen molar-refractivity contribution in [1.29, 1.82) is 0 Å². The molecule has 4 nitrogen and oxygen atoms in total. The van der Waals surface area contributed by atoms with Crippen molar-refractivity contribution in [2.75, 3.05) is 6.54 Å². The minimum Gasteiger partial charge on any atom is -0.392 e. The van der Waals surface area contributed by atoms with Crippen LogP contribution in [0, 0.1) is 0 Å². The zero-order valence-corrected chi connectivity index (χ0v) is 9.84. The molecule has 0 aliphatic rings. The van der Waals surface area contributed by atoms with E-state index in [4.69, 9.17) is 10.8 Å². The van der Waals surface area contributed by atoms with Crippen molar-refractivity contribution in [2.45, 2.75) is 19.1 Å². The van der Waals surface area contributed by atoms with Crippen LogP contribution in [-0.4, -0.2) is 29.7 Å². The first-order valence-corrected chi connectivity index (χ1v) is 5.54. The Kier molecular flexibility index (Phi) is 5.39. The largest absolute Gasteiger partial charge is 0.392 e. The lowest BCUT2D eigenvalue weighted by Gasteiger charge is -2.14. The van der Waals surface area contributed by atoms with Crippen molar-refractivity contribution in [3.63, 3.8) is 0 Å². The summed E-state index contributed by atoms with van der Waals surface area (Å²) in [6.45, 7) is 1.85. The minimum absolute atomic E-state index is 0.218. The third-order valence-electron chi connectivity index (χ3n) is 2.36. The number of nitrogens with one attached hydrogen (secondary N) is 1. The van der Waals surface area contributed by atoms with Crippen molar-refractivity contribution in [3.8, 4) is 0 Å². The van der Waals surface area contributed by atoms with Crippen LogP contribution in [0.1, 0.15) is 12.5 Å². The Bertz CT molecular complexity index is 374.